The summed E-state index contributed by atoms with van der Waals surface area (Å²) in [7, 11) is -1.22. The van der Waals surface area contributed by atoms with Crippen molar-refractivity contribution in [3.05, 3.63) is 33.3 Å². The summed E-state index contributed by atoms with van der Waals surface area (Å²) < 4.78 is 24.0. The highest BCUT2D eigenvalue weighted by molar-refractivity contribution is 7.91. The Morgan fingerprint density at radius 1 is 1.13 bits per heavy atom. The number of amides is 1. The summed E-state index contributed by atoms with van der Waals surface area (Å²) in [5.74, 6) is -0.0944. The van der Waals surface area contributed by atoms with Crippen molar-refractivity contribution in [1.82, 2.24) is 9.80 Å². The predicted molar refractivity (Wildman–Crippen MR) is 91.1 cm³/mol. The number of piperazine rings is 1. The van der Waals surface area contributed by atoms with Gasteiger partial charge in [-0.1, -0.05) is 23.2 Å². The van der Waals surface area contributed by atoms with Crippen LogP contribution in [0.3, 0.4) is 0 Å². The lowest BCUT2D eigenvalue weighted by Crippen LogP contribution is -2.59. The van der Waals surface area contributed by atoms with Gasteiger partial charge in [0.1, 0.15) is 0 Å². The molecule has 2 fully saturated rings. The molecular formula is C15H18Cl2N2O3S. The summed E-state index contributed by atoms with van der Waals surface area (Å²) in [5.41, 5.74) is 1.13. The standard InChI is InChI=1S/C15H18Cl2N2O3S/c1-9-11(16)5-10(6-12(9)17)15(20)19-4-3-18(2)13-7-23(21,22)8-14(13)19/h5-6,13-14H,3-4,7-8H2,1-2H3/t13-,14+/m0/s1. The largest absolute Gasteiger partial charge is 0.332 e. The lowest BCUT2D eigenvalue weighted by Gasteiger charge is -2.42. The normalized spacial score (nSPS) is 27.0. The summed E-state index contributed by atoms with van der Waals surface area (Å²) in [6.45, 7) is 2.93. The van der Waals surface area contributed by atoms with Crippen LogP contribution in [0.25, 0.3) is 0 Å². The summed E-state index contributed by atoms with van der Waals surface area (Å²) in [6.07, 6.45) is 0. The van der Waals surface area contributed by atoms with Gasteiger partial charge in [0.25, 0.3) is 5.91 Å². The molecule has 0 aromatic heterocycles. The molecule has 23 heavy (non-hydrogen) atoms. The molecule has 0 spiro atoms. The van der Waals surface area contributed by atoms with E-state index in [1.807, 2.05) is 11.9 Å². The second-order valence-electron chi connectivity index (χ2n) is 6.26. The highest BCUT2D eigenvalue weighted by Crippen LogP contribution is 2.30. The topological polar surface area (TPSA) is 57.7 Å². The van der Waals surface area contributed by atoms with E-state index in [9.17, 15) is 13.2 Å². The second kappa shape index (κ2) is 5.92. The van der Waals surface area contributed by atoms with Gasteiger partial charge in [0.05, 0.1) is 17.5 Å². The molecule has 0 unspecified atom stereocenters. The molecule has 0 N–H and O–H groups in total. The number of likely N-dealkylation sites (N-methyl/N-ethyl adjacent to an activating group) is 1. The van der Waals surface area contributed by atoms with E-state index < -0.39 is 9.84 Å². The number of hydrogen-bond acceptors (Lipinski definition) is 4. The average Bonchev–Trinajstić information content (AvgIpc) is 2.80. The van der Waals surface area contributed by atoms with E-state index in [4.69, 9.17) is 23.2 Å². The van der Waals surface area contributed by atoms with E-state index in [0.717, 1.165) is 5.56 Å². The number of fused-ring (bicyclic) bond motifs is 1. The molecule has 2 heterocycles. The lowest BCUT2D eigenvalue weighted by molar-refractivity contribution is 0.0410. The third-order valence-corrected chi connectivity index (χ3v) is 7.23. The minimum absolute atomic E-state index is 0.0150. The summed E-state index contributed by atoms with van der Waals surface area (Å²) >= 11 is 12.2. The Balaban J connectivity index is 1.93. The van der Waals surface area contributed by atoms with Crippen molar-refractivity contribution in [2.24, 2.45) is 0 Å². The number of hydrogen-bond donors (Lipinski definition) is 0. The van der Waals surface area contributed by atoms with Crippen LogP contribution < -0.4 is 0 Å². The molecule has 0 saturated carbocycles. The van der Waals surface area contributed by atoms with Crippen molar-refractivity contribution in [1.29, 1.82) is 0 Å². The van der Waals surface area contributed by atoms with E-state index in [1.54, 1.807) is 24.0 Å². The molecule has 0 radical (unpaired) electrons. The van der Waals surface area contributed by atoms with Crippen LogP contribution in [0, 0.1) is 6.92 Å². The van der Waals surface area contributed by atoms with Crippen LogP contribution in [0.2, 0.25) is 10.0 Å². The molecule has 126 valence electrons. The fourth-order valence-electron chi connectivity index (χ4n) is 3.31. The highest BCUT2D eigenvalue weighted by Gasteiger charge is 2.47. The Morgan fingerprint density at radius 3 is 2.30 bits per heavy atom. The molecule has 2 atom stereocenters. The third-order valence-electron chi connectivity index (χ3n) is 4.74. The maximum atomic E-state index is 12.9. The van der Waals surface area contributed by atoms with E-state index in [1.165, 1.54) is 0 Å². The number of rotatable bonds is 1. The average molecular weight is 377 g/mol. The van der Waals surface area contributed by atoms with E-state index >= 15 is 0 Å². The van der Waals surface area contributed by atoms with Gasteiger partial charge >= 0.3 is 0 Å². The van der Waals surface area contributed by atoms with Gasteiger partial charge in [-0.3, -0.25) is 9.69 Å². The fourth-order valence-corrected chi connectivity index (χ4v) is 5.86. The third kappa shape index (κ3) is 3.09. The molecule has 5 nitrogen and oxygen atoms in total. The molecule has 2 aliphatic rings. The van der Waals surface area contributed by atoms with E-state index in [0.29, 0.717) is 28.7 Å². The maximum absolute atomic E-state index is 12.9. The molecule has 2 saturated heterocycles. The Morgan fingerprint density at radius 2 is 1.70 bits per heavy atom. The second-order valence-corrected chi connectivity index (χ2v) is 9.22. The zero-order chi connectivity index (χ0) is 16.9. The summed E-state index contributed by atoms with van der Waals surface area (Å²) in [6, 6.07) is 2.74. The number of benzene rings is 1. The Hall–Kier alpha value is -0.820. The molecule has 1 amide bonds. The Labute approximate surface area is 146 Å². The van der Waals surface area contributed by atoms with Crippen LogP contribution >= 0.6 is 23.2 Å². The van der Waals surface area contributed by atoms with Crippen LogP contribution in [-0.4, -0.2) is 67.9 Å². The lowest BCUT2D eigenvalue weighted by atomic mass is 10.0. The smallest absolute Gasteiger partial charge is 0.254 e. The van der Waals surface area contributed by atoms with Crippen molar-refractivity contribution in [3.8, 4) is 0 Å². The monoisotopic (exact) mass is 376 g/mol. The number of carbonyl (C=O) groups is 1. The number of nitrogens with zero attached hydrogens (tertiary/aromatic N) is 2. The van der Waals surface area contributed by atoms with Gasteiger partial charge in [-0.05, 0) is 31.7 Å². The van der Waals surface area contributed by atoms with Gasteiger partial charge in [0.2, 0.25) is 0 Å². The van der Waals surface area contributed by atoms with Gasteiger partial charge in [0, 0.05) is 34.7 Å². The van der Waals surface area contributed by atoms with Gasteiger partial charge in [-0.25, -0.2) is 8.42 Å². The highest BCUT2D eigenvalue weighted by atomic mass is 35.5. The Bertz CT molecular complexity index is 743. The first-order chi connectivity index (χ1) is 10.7. The molecule has 1 aromatic carbocycles. The molecular weight excluding hydrogens is 359 g/mol. The van der Waals surface area contributed by atoms with Crippen LogP contribution in [0.1, 0.15) is 15.9 Å². The van der Waals surface area contributed by atoms with Crippen LogP contribution in [0.4, 0.5) is 0 Å². The van der Waals surface area contributed by atoms with Gasteiger partial charge in [0.15, 0.2) is 9.84 Å². The SMILES string of the molecule is Cc1c(Cl)cc(C(=O)N2CCN(C)[C@H]3CS(=O)(=O)C[C@H]32)cc1Cl. The molecule has 3 rings (SSSR count). The summed E-state index contributed by atoms with van der Waals surface area (Å²) in [5, 5.41) is 0.871. The number of halogens is 2. The molecule has 8 heteroatoms. The van der Waals surface area contributed by atoms with E-state index in [-0.39, 0.29) is 29.5 Å². The number of carbonyl (C=O) groups excluding carboxylic acids is 1. The van der Waals surface area contributed by atoms with Gasteiger partial charge in [-0.15, -0.1) is 0 Å². The first-order valence-electron chi connectivity index (χ1n) is 7.37. The predicted octanol–water partition coefficient (Wildman–Crippen LogP) is 1.86. The quantitative estimate of drug-likeness (QED) is 0.750. The zero-order valence-corrected chi connectivity index (χ0v) is 15.2. The van der Waals surface area contributed by atoms with Crippen LogP contribution in [0.5, 0.6) is 0 Å². The van der Waals surface area contributed by atoms with Crippen molar-refractivity contribution < 1.29 is 13.2 Å². The van der Waals surface area contributed by atoms with E-state index in [2.05, 4.69) is 0 Å². The van der Waals surface area contributed by atoms with Crippen molar-refractivity contribution in [3.63, 3.8) is 0 Å². The van der Waals surface area contributed by atoms with Crippen LogP contribution in [0.15, 0.2) is 12.1 Å². The zero-order valence-electron chi connectivity index (χ0n) is 12.9. The van der Waals surface area contributed by atoms with Crippen molar-refractivity contribution in [2.75, 3.05) is 31.6 Å². The summed E-state index contributed by atoms with van der Waals surface area (Å²) in [4.78, 5) is 16.6. The van der Waals surface area contributed by atoms with Gasteiger partial charge in [-0.2, -0.15) is 0 Å². The Kier molecular flexibility index (Phi) is 4.38. The first-order valence-corrected chi connectivity index (χ1v) is 9.94. The fraction of sp³-hybridized carbons (Fsp3) is 0.533. The first kappa shape index (κ1) is 17.0. The maximum Gasteiger partial charge on any atom is 0.254 e. The minimum Gasteiger partial charge on any atom is -0.332 e. The molecule has 0 aliphatic carbocycles. The van der Waals surface area contributed by atoms with Crippen molar-refractivity contribution in [2.45, 2.75) is 19.0 Å². The molecule has 0 bridgehead atoms. The van der Waals surface area contributed by atoms with Gasteiger partial charge < -0.3 is 4.90 Å². The number of sulfone groups is 1. The molecule has 1 aromatic rings. The minimum atomic E-state index is -3.12. The molecule has 2 aliphatic heterocycles. The van der Waals surface area contributed by atoms with Crippen LogP contribution in [-0.2, 0) is 9.84 Å². The van der Waals surface area contributed by atoms with Crippen molar-refractivity contribution >= 4 is 38.9 Å².